The van der Waals surface area contributed by atoms with Gasteiger partial charge >= 0.3 is 5.97 Å². The third kappa shape index (κ3) is 4.81. The first-order valence-corrected chi connectivity index (χ1v) is 9.42. The molecule has 1 atom stereocenters. The Morgan fingerprint density at radius 2 is 1.69 bits per heavy atom. The summed E-state index contributed by atoms with van der Waals surface area (Å²) in [7, 11) is 0. The maximum absolute atomic E-state index is 12.3. The second-order valence-corrected chi connectivity index (χ2v) is 6.93. The van der Waals surface area contributed by atoms with Gasteiger partial charge in [-0.15, -0.1) is 0 Å². The number of carbonyl (C=O) groups excluding carboxylic acids is 4. The Bertz CT molecular complexity index is 942. The molecule has 2 aromatic rings. The van der Waals surface area contributed by atoms with Gasteiger partial charge in [0.05, 0.1) is 11.3 Å². The molecule has 1 unspecified atom stereocenters. The average Bonchev–Trinajstić information content (AvgIpc) is 3.05. The topological polar surface area (TPSA) is 92.8 Å². The van der Waals surface area contributed by atoms with E-state index in [0.29, 0.717) is 10.7 Å². The first kappa shape index (κ1) is 20.5. The van der Waals surface area contributed by atoms with Crippen LogP contribution in [0.1, 0.15) is 35.7 Å². The van der Waals surface area contributed by atoms with E-state index >= 15 is 0 Å². The summed E-state index contributed by atoms with van der Waals surface area (Å²) in [5.41, 5.74) is 1.36. The molecule has 0 radical (unpaired) electrons. The molecule has 0 aromatic heterocycles. The highest BCUT2D eigenvalue weighted by molar-refractivity contribution is 6.31. The number of nitrogens with zero attached hydrogens (tertiary/aromatic N) is 1. The van der Waals surface area contributed by atoms with Crippen LogP contribution in [0.2, 0.25) is 5.02 Å². The molecule has 1 heterocycles. The van der Waals surface area contributed by atoms with Crippen molar-refractivity contribution in [3.05, 3.63) is 64.7 Å². The minimum Gasteiger partial charge on any atom is -0.449 e. The summed E-state index contributed by atoms with van der Waals surface area (Å²) >= 11 is 6.05. The molecule has 0 saturated carbocycles. The zero-order chi connectivity index (χ0) is 21.0. The Hall–Kier alpha value is -3.19. The molecule has 1 fully saturated rings. The van der Waals surface area contributed by atoms with E-state index < -0.39 is 18.0 Å². The number of hydrogen-bond donors (Lipinski definition) is 1. The van der Waals surface area contributed by atoms with E-state index in [1.54, 1.807) is 18.2 Å². The molecule has 3 rings (SSSR count). The molecule has 0 bridgehead atoms. The summed E-state index contributed by atoms with van der Waals surface area (Å²) in [6.07, 6.45) is -0.640. The van der Waals surface area contributed by atoms with Crippen molar-refractivity contribution in [1.29, 1.82) is 0 Å². The van der Waals surface area contributed by atoms with Crippen LogP contribution in [0.5, 0.6) is 0 Å². The molecule has 3 amide bonds. The SMILES string of the molecule is CC(OC(=O)c1ccc(N2C(=O)CCC2=O)cc1)C(=O)NCc1ccccc1Cl. The van der Waals surface area contributed by atoms with E-state index in [-0.39, 0.29) is 36.8 Å². The highest BCUT2D eigenvalue weighted by Crippen LogP contribution is 2.23. The number of esters is 1. The highest BCUT2D eigenvalue weighted by atomic mass is 35.5. The summed E-state index contributed by atoms with van der Waals surface area (Å²) in [6.45, 7) is 1.68. The van der Waals surface area contributed by atoms with Gasteiger partial charge < -0.3 is 10.1 Å². The quantitative estimate of drug-likeness (QED) is 0.579. The average molecular weight is 415 g/mol. The van der Waals surface area contributed by atoms with E-state index in [1.165, 1.54) is 31.2 Å². The molecule has 150 valence electrons. The minimum absolute atomic E-state index is 0.184. The maximum Gasteiger partial charge on any atom is 0.338 e. The first-order valence-electron chi connectivity index (χ1n) is 9.05. The van der Waals surface area contributed by atoms with E-state index in [1.807, 2.05) is 6.07 Å². The van der Waals surface area contributed by atoms with E-state index in [0.717, 1.165) is 10.5 Å². The molecule has 0 spiro atoms. The standard InChI is InChI=1S/C21H19ClN2O5/c1-13(20(27)23-12-15-4-2-3-5-17(15)22)29-21(28)14-6-8-16(9-7-14)24-18(25)10-11-19(24)26/h2-9,13H,10-12H2,1H3,(H,23,27). The van der Waals surface area contributed by atoms with Gasteiger partial charge in [0.2, 0.25) is 11.8 Å². The van der Waals surface area contributed by atoms with Gasteiger partial charge in [-0.3, -0.25) is 19.3 Å². The lowest BCUT2D eigenvalue weighted by Crippen LogP contribution is -2.35. The lowest BCUT2D eigenvalue weighted by molar-refractivity contribution is -0.129. The second-order valence-electron chi connectivity index (χ2n) is 6.53. The van der Waals surface area contributed by atoms with Crippen LogP contribution in [-0.4, -0.2) is 29.8 Å². The number of amides is 3. The largest absolute Gasteiger partial charge is 0.449 e. The summed E-state index contributed by atoms with van der Waals surface area (Å²) in [5.74, 6) is -1.68. The number of benzene rings is 2. The number of carbonyl (C=O) groups is 4. The summed E-state index contributed by atoms with van der Waals surface area (Å²) in [6, 6.07) is 13.0. The molecule has 1 N–H and O–H groups in total. The van der Waals surface area contributed by atoms with Gasteiger partial charge in [0, 0.05) is 24.4 Å². The molecule has 1 aliphatic heterocycles. The van der Waals surface area contributed by atoms with Crippen LogP contribution < -0.4 is 10.2 Å². The highest BCUT2D eigenvalue weighted by Gasteiger charge is 2.30. The van der Waals surface area contributed by atoms with Gasteiger partial charge in [-0.2, -0.15) is 0 Å². The van der Waals surface area contributed by atoms with Crippen molar-refractivity contribution in [2.45, 2.75) is 32.4 Å². The third-order valence-corrected chi connectivity index (χ3v) is 4.85. The van der Waals surface area contributed by atoms with Gasteiger partial charge in [0.1, 0.15) is 0 Å². The van der Waals surface area contributed by atoms with Gasteiger partial charge in [-0.1, -0.05) is 29.8 Å². The Morgan fingerprint density at radius 1 is 1.07 bits per heavy atom. The first-order chi connectivity index (χ1) is 13.9. The summed E-state index contributed by atoms with van der Waals surface area (Å²) in [4.78, 5) is 49.1. The monoisotopic (exact) mass is 414 g/mol. The third-order valence-electron chi connectivity index (χ3n) is 4.48. The van der Waals surface area contributed by atoms with Crippen LogP contribution in [0.15, 0.2) is 48.5 Å². The van der Waals surface area contributed by atoms with Crippen LogP contribution in [0.25, 0.3) is 0 Å². The van der Waals surface area contributed by atoms with Crippen LogP contribution in [0, 0.1) is 0 Å². The predicted molar refractivity (Wildman–Crippen MR) is 106 cm³/mol. The van der Waals surface area contributed by atoms with Crippen molar-refractivity contribution in [3.8, 4) is 0 Å². The number of rotatable bonds is 6. The minimum atomic E-state index is -1.01. The number of hydrogen-bond acceptors (Lipinski definition) is 5. The zero-order valence-corrected chi connectivity index (χ0v) is 16.4. The fourth-order valence-electron chi connectivity index (χ4n) is 2.86. The Kier molecular flexibility index (Phi) is 6.29. The molecule has 7 nitrogen and oxygen atoms in total. The molecule has 1 saturated heterocycles. The Balaban J connectivity index is 1.56. The molecule has 0 aliphatic carbocycles. The maximum atomic E-state index is 12.3. The van der Waals surface area contributed by atoms with Crippen molar-refractivity contribution < 1.29 is 23.9 Å². The Labute approximate surface area is 172 Å². The van der Waals surface area contributed by atoms with Gasteiger partial charge in [-0.05, 0) is 42.8 Å². The van der Waals surface area contributed by atoms with Crippen molar-refractivity contribution in [1.82, 2.24) is 5.32 Å². The fourth-order valence-corrected chi connectivity index (χ4v) is 3.06. The number of anilines is 1. The number of halogens is 1. The lowest BCUT2D eigenvalue weighted by atomic mass is 10.2. The normalized spacial score (nSPS) is 14.6. The van der Waals surface area contributed by atoms with Gasteiger partial charge in [-0.25, -0.2) is 4.79 Å². The lowest BCUT2D eigenvalue weighted by Gasteiger charge is -2.15. The predicted octanol–water partition coefficient (Wildman–Crippen LogP) is 2.86. The Morgan fingerprint density at radius 3 is 2.31 bits per heavy atom. The van der Waals surface area contributed by atoms with Crippen LogP contribution >= 0.6 is 11.6 Å². The summed E-state index contributed by atoms with van der Waals surface area (Å²) < 4.78 is 5.19. The number of nitrogens with one attached hydrogen (secondary N) is 1. The van der Waals surface area contributed by atoms with Crippen molar-refractivity contribution >= 4 is 41.0 Å². The molecular weight excluding hydrogens is 396 g/mol. The van der Waals surface area contributed by atoms with E-state index in [9.17, 15) is 19.2 Å². The fraction of sp³-hybridized carbons (Fsp3) is 0.238. The van der Waals surface area contributed by atoms with Crippen LogP contribution in [0.3, 0.4) is 0 Å². The molecule has 8 heteroatoms. The van der Waals surface area contributed by atoms with Crippen molar-refractivity contribution in [2.75, 3.05) is 4.90 Å². The zero-order valence-electron chi connectivity index (χ0n) is 15.7. The van der Waals surface area contributed by atoms with E-state index in [2.05, 4.69) is 5.32 Å². The van der Waals surface area contributed by atoms with Crippen molar-refractivity contribution in [3.63, 3.8) is 0 Å². The van der Waals surface area contributed by atoms with Crippen LogP contribution in [0.4, 0.5) is 5.69 Å². The number of ether oxygens (including phenoxy) is 1. The number of imide groups is 1. The van der Waals surface area contributed by atoms with E-state index in [4.69, 9.17) is 16.3 Å². The van der Waals surface area contributed by atoms with Gasteiger partial charge in [0.25, 0.3) is 5.91 Å². The molecule has 1 aliphatic rings. The summed E-state index contributed by atoms with van der Waals surface area (Å²) in [5, 5.41) is 3.20. The molecule has 29 heavy (non-hydrogen) atoms. The molecular formula is C21H19ClN2O5. The second kappa shape index (κ2) is 8.87. The van der Waals surface area contributed by atoms with Gasteiger partial charge in [0.15, 0.2) is 6.10 Å². The smallest absolute Gasteiger partial charge is 0.338 e. The molecule has 2 aromatic carbocycles. The van der Waals surface area contributed by atoms with Crippen LogP contribution in [-0.2, 0) is 25.7 Å². The van der Waals surface area contributed by atoms with Crippen molar-refractivity contribution in [2.24, 2.45) is 0 Å².